The molecule has 0 radical (unpaired) electrons. The molecule has 3 nitrogen and oxygen atoms in total. The summed E-state index contributed by atoms with van der Waals surface area (Å²) >= 11 is 5.86. The third kappa shape index (κ3) is 3.19. The zero-order chi connectivity index (χ0) is 11.3. The van der Waals surface area contributed by atoms with E-state index in [2.05, 4.69) is 11.2 Å². The van der Waals surface area contributed by atoms with Crippen LogP contribution in [0.25, 0.3) is 0 Å². The summed E-state index contributed by atoms with van der Waals surface area (Å²) in [5.74, 6) is 2.19. The maximum Gasteiger partial charge on any atom is 0.252 e. The van der Waals surface area contributed by atoms with E-state index in [1.165, 1.54) is 6.07 Å². The zero-order valence-electron chi connectivity index (χ0n) is 8.09. The molecule has 78 valence electrons. The number of amides is 1. The highest BCUT2D eigenvalue weighted by molar-refractivity contribution is 6.34. The third-order valence-electron chi connectivity index (χ3n) is 1.79. The van der Waals surface area contributed by atoms with Gasteiger partial charge >= 0.3 is 0 Å². The van der Waals surface area contributed by atoms with Crippen LogP contribution >= 0.6 is 11.6 Å². The van der Waals surface area contributed by atoms with Gasteiger partial charge in [-0.05, 0) is 18.2 Å². The van der Waals surface area contributed by atoms with Crippen LogP contribution in [0.1, 0.15) is 16.8 Å². The van der Waals surface area contributed by atoms with Crippen molar-refractivity contribution in [2.24, 2.45) is 0 Å². The second-order valence-corrected chi connectivity index (χ2v) is 3.36. The van der Waals surface area contributed by atoms with Gasteiger partial charge in [-0.15, -0.1) is 12.3 Å². The highest BCUT2D eigenvalue weighted by Crippen LogP contribution is 2.18. The van der Waals surface area contributed by atoms with Gasteiger partial charge in [0.25, 0.3) is 5.91 Å². The minimum atomic E-state index is -0.241. The molecule has 0 spiro atoms. The molecule has 0 aliphatic rings. The molecule has 0 aliphatic heterocycles. The maximum atomic E-state index is 11.5. The molecule has 0 unspecified atom stereocenters. The second-order valence-electron chi connectivity index (χ2n) is 2.95. The average molecular weight is 223 g/mol. The van der Waals surface area contributed by atoms with Crippen molar-refractivity contribution in [2.75, 3.05) is 12.3 Å². The number of nitrogens with one attached hydrogen (secondary N) is 1. The van der Waals surface area contributed by atoms with Gasteiger partial charge in [-0.3, -0.25) is 4.79 Å². The standard InChI is InChI=1S/C11H11ClN2O/c1-2-3-6-14-11(15)9-5-4-8(13)7-10(9)12/h1,4-5,7H,3,6,13H2,(H,14,15). The Labute approximate surface area is 93.6 Å². The number of nitrogen functional groups attached to an aromatic ring is 1. The van der Waals surface area contributed by atoms with Crippen molar-refractivity contribution < 1.29 is 4.79 Å². The zero-order valence-corrected chi connectivity index (χ0v) is 8.84. The molecule has 0 fully saturated rings. The van der Waals surface area contributed by atoms with E-state index in [-0.39, 0.29) is 5.91 Å². The van der Waals surface area contributed by atoms with Crippen LogP contribution in [-0.4, -0.2) is 12.5 Å². The van der Waals surface area contributed by atoms with Crippen molar-refractivity contribution in [1.82, 2.24) is 5.32 Å². The van der Waals surface area contributed by atoms with Gasteiger partial charge in [0.15, 0.2) is 0 Å². The van der Waals surface area contributed by atoms with Crippen LogP contribution < -0.4 is 11.1 Å². The Bertz CT molecular complexity index is 410. The van der Waals surface area contributed by atoms with Gasteiger partial charge in [0, 0.05) is 18.7 Å². The van der Waals surface area contributed by atoms with E-state index >= 15 is 0 Å². The molecule has 0 atom stereocenters. The molecule has 1 aromatic carbocycles. The first kappa shape index (κ1) is 11.4. The highest BCUT2D eigenvalue weighted by Gasteiger charge is 2.08. The second kappa shape index (κ2) is 5.28. The number of hydrogen-bond donors (Lipinski definition) is 2. The molecular formula is C11H11ClN2O. The van der Waals surface area contributed by atoms with Gasteiger partial charge in [-0.1, -0.05) is 11.6 Å². The van der Waals surface area contributed by atoms with Crippen LogP contribution in [0.4, 0.5) is 5.69 Å². The lowest BCUT2D eigenvalue weighted by Crippen LogP contribution is -2.24. The number of halogens is 1. The van der Waals surface area contributed by atoms with Crippen molar-refractivity contribution in [3.63, 3.8) is 0 Å². The summed E-state index contributed by atoms with van der Waals surface area (Å²) in [7, 11) is 0. The Morgan fingerprint density at radius 1 is 1.60 bits per heavy atom. The largest absolute Gasteiger partial charge is 0.399 e. The minimum absolute atomic E-state index is 0.241. The topological polar surface area (TPSA) is 55.1 Å². The van der Waals surface area contributed by atoms with E-state index in [9.17, 15) is 4.79 Å². The molecule has 15 heavy (non-hydrogen) atoms. The van der Waals surface area contributed by atoms with Crippen molar-refractivity contribution in [3.8, 4) is 12.3 Å². The number of nitrogens with two attached hydrogens (primary N) is 1. The Morgan fingerprint density at radius 2 is 2.33 bits per heavy atom. The number of hydrogen-bond acceptors (Lipinski definition) is 2. The Hall–Kier alpha value is -1.66. The third-order valence-corrected chi connectivity index (χ3v) is 2.11. The molecule has 0 aliphatic carbocycles. The van der Waals surface area contributed by atoms with Gasteiger partial charge in [-0.2, -0.15) is 0 Å². The minimum Gasteiger partial charge on any atom is -0.399 e. The normalized spacial score (nSPS) is 9.33. The first-order chi connectivity index (χ1) is 7.15. The van der Waals surface area contributed by atoms with Crippen LogP contribution in [0, 0.1) is 12.3 Å². The summed E-state index contributed by atoms with van der Waals surface area (Å²) in [5, 5.41) is 2.99. The average Bonchev–Trinajstić information content (AvgIpc) is 2.17. The van der Waals surface area contributed by atoms with Crippen LogP contribution in [-0.2, 0) is 0 Å². The fraction of sp³-hybridized carbons (Fsp3) is 0.182. The lowest BCUT2D eigenvalue weighted by atomic mass is 10.2. The highest BCUT2D eigenvalue weighted by atomic mass is 35.5. The van der Waals surface area contributed by atoms with E-state index < -0.39 is 0 Å². The van der Waals surface area contributed by atoms with E-state index in [0.717, 1.165) is 0 Å². The summed E-state index contributed by atoms with van der Waals surface area (Å²) in [5.41, 5.74) is 6.44. The van der Waals surface area contributed by atoms with Crippen molar-refractivity contribution in [3.05, 3.63) is 28.8 Å². The molecule has 4 heteroatoms. The van der Waals surface area contributed by atoms with Gasteiger partial charge in [0.1, 0.15) is 0 Å². The maximum absolute atomic E-state index is 11.5. The Kier molecular flexibility index (Phi) is 4.02. The molecule has 3 N–H and O–H groups in total. The van der Waals surface area contributed by atoms with Gasteiger partial charge in [0.2, 0.25) is 0 Å². The van der Waals surface area contributed by atoms with Gasteiger partial charge in [0.05, 0.1) is 10.6 Å². The molecular weight excluding hydrogens is 212 g/mol. The van der Waals surface area contributed by atoms with Crippen LogP contribution in [0.15, 0.2) is 18.2 Å². The molecule has 1 amide bonds. The van der Waals surface area contributed by atoms with E-state index in [1.54, 1.807) is 12.1 Å². The number of rotatable bonds is 3. The summed E-state index contributed by atoms with van der Waals surface area (Å²) in [6, 6.07) is 4.75. The molecule has 0 aromatic heterocycles. The summed E-state index contributed by atoms with van der Waals surface area (Å²) in [4.78, 5) is 11.5. The van der Waals surface area contributed by atoms with Crippen LogP contribution in [0.5, 0.6) is 0 Å². The van der Waals surface area contributed by atoms with Crippen molar-refractivity contribution in [1.29, 1.82) is 0 Å². The first-order valence-corrected chi connectivity index (χ1v) is 4.79. The summed E-state index contributed by atoms with van der Waals surface area (Å²) < 4.78 is 0. The number of benzene rings is 1. The van der Waals surface area contributed by atoms with E-state index in [4.69, 9.17) is 23.8 Å². The SMILES string of the molecule is C#CCCNC(=O)c1ccc(N)cc1Cl. The molecule has 0 saturated heterocycles. The Balaban J connectivity index is 2.70. The van der Waals surface area contributed by atoms with Crippen LogP contribution in [0.3, 0.4) is 0 Å². The van der Waals surface area contributed by atoms with E-state index in [0.29, 0.717) is 29.2 Å². The summed E-state index contributed by atoms with van der Waals surface area (Å²) in [6.07, 6.45) is 5.56. The monoisotopic (exact) mass is 222 g/mol. The number of terminal acetylenes is 1. The first-order valence-electron chi connectivity index (χ1n) is 4.42. The molecule has 1 rings (SSSR count). The number of anilines is 1. The quantitative estimate of drug-likeness (QED) is 0.465. The lowest BCUT2D eigenvalue weighted by molar-refractivity contribution is 0.0955. The molecule has 0 saturated carbocycles. The van der Waals surface area contributed by atoms with Crippen LogP contribution in [0.2, 0.25) is 5.02 Å². The smallest absolute Gasteiger partial charge is 0.252 e. The molecule has 1 aromatic rings. The van der Waals surface area contributed by atoms with Gasteiger partial charge < -0.3 is 11.1 Å². The fourth-order valence-electron chi connectivity index (χ4n) is 1.06. The predicted molar refractivity (Wildman–Crippen MR) is 61.6 cm³/mol. The predicted octanol–water partition coefficient (Wildman–Crippen LogP) is 1.68. The van der Waals surface area contributed by atoms with E-state index in [1.807, 2.05) is 0 Å². The number of carbonyl (C=O) groups is 1. The molecule has 0 heterocycles. The summed E-state index contributed by atoms with van der Waals surface area (Å²) in [6.45, 7) is 0.441. The fourth-order valence-corrected chi connectivity index (χ4v) is 1.33. The van der Waals surface area contributed by atoms with Crippen molar-refractivity contribution >= 4 is 23.2 Å². The lowest BCUT2D eigenvalue weighted by Gasteiger charge is -2.05. The Morgan fingerprint density at radius 3 is 2.93 bits per heavy atom. The van der Waals surface area contributed by atoms with Crippen molar-refractivity contribution in [2.45, 2.75) is 6.42 Å². The number of carbonyl (C=O) groups excluding carboxylic acids is 1. The van der Waals surface area contributed by atoms with Gasteiger partial charge in [-0.25, -0.2) is 0 Å². The molecule has 0 bridgehead atoms.